The number of nitrogens with one attached hydrogen (secondary N) is 2. The van der Waals surface area contributed by atoms with Crippen molar-refractivity contribution in [3.8, 4) is 0 Å². The molecule has 30 heavy (non-hydrogen) atoms. The largest absolute Gasteiger partial charge is 0.463 e. The second-order valence-corrected chi connectivity index (χ2v) is 7.36. The molecule has 0 bridgehead atoms. The van der Waals surface area contributed by atoms with Gasteiger partial charge in [-0.05, 0) is 57.7 Å². The maximum atomic E-state index is 10.6. The zero-order chi connectivity index (χ0) is 21.0. The van der Waals surface area contributed by atoms with Crippen LogP contribution in [-0.4, -0.2) is 43.9 Å². The van der Waals surface area contributed by atoms with E-state index in [1.807, 2.05) is 26.0 Å². The summed E-state index contributed by atoms with van der Waals surface area (Å²) in [6.45, 7) is 8.89. The fourth-order valence-electron chi connectivity index (χ4n) is 2.85. The van der Waals surface area contributed by atoms with Crippen molar-refractivity contribution in [2.45, 2.75) is 45.6 Å². The highest BCUT2D eigenvalue weighted by molar-refractivity contribution is 14.0. The molecular weight excluding hydrogens is 493 g/mol. The second kappa shape index (κ2) is 14.4. The van der Waals surface area contributed by atoms with Gasteiger partial charge in [-0.2, -0.15) is 0 Å². The molecule has 0 aliphatic carbocycles. The van der Waals surface area contributed by atoms with Crippen molar-refractivity contribution in [1.29, 1.82) is 0 Å². The number of furan rings is 1. The molecule has 1 heterocycles. The Balaban J connectivity index is 0.00000450. The summed E-state index contributed by atoms with van der Waals surface area (Å²) in [6.07, 6.45) is 2.93. The van der Waals surface area contributed by atoms with Crippen molar-refractivity contribution < 1.29 is 14.3 Å². The van der Waals surface area contributed by atoms with Gasteiger partial charge in [0.25, 0.3) is 0 Å². The van der Waals surface area contributed by atoms with E-state index in [1.54, 1.807) is 13.0 Å². The van der Waals surface area contributed by atoms with Gasteiger partial charge in [-0.1, -0.05) is 30.3 Å². The number of nitrogens with zero attached hydrogens (tertiary/aromatic N) is 1. The van der Waals surface area contributed by atoms with Gasteiger partial charge in [-0.25, -0.2) is 4.99 Å². The lowest BCUT2D eigenvalue weighted by Crippen LogP contribution is -2.39. The summed E-state index contributed by atoms with van der Waals surface area (Å²) in [5, 5.41) is 17.1. The normalized spacial score (nSPS) is 13.4. The third kappa shape index (κ3) is 9.95. The van der Waals surface area contributed by atoms with Crippen LogP contribution in [0.4, 0.5) is 0 Å². The van der Waals surface area contributed by atoms with E-state index in [4.69, 9.17) is 9.15 Å². The van der Waals surface area contributed by atoms with Crippen molar-refractivity contribution in [2.75, 3.05) is 32.8 Å². The number of hydrogen-bond donors (Lipinski definition) is 3. The molecule has 2 aromatic rings. The maximum absolute atomic E-state index is 10.6. The minimum Gasteiger partial charge on any atom is -0.463 e. The van der Waals surface area contributed by atoms with Gasteiger partial charge in [0.05, 0.1) is 13.2 Å². The molecule has 0 spiro atoms. The molecule has 0 aliphatic heterocycles. The number of benzene rings is 1. The van der Waals surface area contributed by atoms with E-state index in [-0.39, 0.29) is 30.5 Å². The fraction of sp³-hybridized carbons (Fsp3) is 0.522. The summed E-state index contributed by atoms with van der Waals surface area (Å²) < 4.78 is 11.3. The van der Waals surface area contributed by atoms with Crippen LogP contribution in [-0.2, 0) is 16.8 Å². The summed E-state index contributed by atoms with van der Waals surface area (Å²) in [4.78, 5) is 4.50. The molecule has 1 aromatic carbocycles. The van der Waals surface area contributed by atoms with Gasteiger partial charge in [-0.15, -0.1) is 24.0 Å². The second-order valence-electron chi connectivity index (χ2n) is 7.36. The molecule has 168 valence electrons. The number of aryl methyl sites for hydroxylation is 1. The van der Waals surface area contributed by atoms with E-state index in [0.717, 1.165) is 51.3 Å². The lowest BCUT2D eigenvalue weighted by Gasteiger charge is -2.19. The van der Waals surface area contributed by atoms with Crippen molar-refractivity contribution in [1.82, 2.24) is 10.6 Å². The average molecular weight is 529 g/mol. The molecule has 3 N–H and O–H groups in total. The first-order valence-corrected chi connectivity index (χ1v) is 10.4. The molecule has 7 heteroatoms. The Morgan fingerprint density at radius 2 is 1.87 bits per heavy atom. The molecule has 1 unspecified atom stereocenters. The number of halogens is 1. The van der Waals surface area contributed by atoms with E-state index in [2.05, 4.69) is 39.9 Å². The molecule has 1 aromatic heterocycles. The smallest absolute Gasteiger partial charge is 0.191 e. The molecule has 0 radical (unpaired) electrons. The predicted octanol–water partition coefficient (Wildman–Crippen LogP) is 4.01. The summed E-state index contributed by atoms with van der Waals surface area (Å²) >= 11 is 0. The van der Waals surface area contributed by atoms with Crippen molar-refractivity contribution in [2.24, 2.45) is 4.99 Å². The molecule has 0 fully saturated rings. The number of aliphatic imine (C=N–C) groups is 1. The van der Waals surface area contributed by atoms with Crippen LogP contribution in [0.15, 0.2) is 51.9 Å². The first kappa shape index (κ1) is 26.5. The number of ether oxygens (including phenoxy) is 1. The van der Waals surface area contributed by atoms with Gasteiger partial charge in [0.1, 0.15) is 17.1 Å². The average Bonchev–Trinajstić information content (AvgIpc) is 3.16. The predicted molar refractivity (Wildman–Crippen MR) is 133 cm³/mol. The van der Waals surface area contributed by atoms with Crippen LogP contribution in [0.2, 0.25) is 0 Å². The van der Waals surface area contributed by atoms with E-state index in [0.29, 0.717) is 11.7 Å². The van der Waals surface area contributed by atoms with E-state index in [1.165, 1.54) is 5.56 Å². The van der Waals surface area contributed by atoms with Crippen LogP contribution in [0, 0.1) is 6.92 Å². The summed E-state index contributed by atoms with van der Waals surface area (Å²) in [6, 6.07) is 14.0. The van der Waals surface area contributed by atoms with Gasteiger partial charge in [0.15, 0.2) is 5.96 Å². The highest BCUT2D eigenvalue weighted by atomic mass is 127. The molecule has 2 rings (SSSR count). The third-order valence-corrected chi connectivity index (χ3v) is 4.55. The van der Waals surface area contributed by atoms with Gasteiger partial charge >= 0.3 is 0 Å². The van der Waals surface area contributed by atoms with Gasteiger partial charge in [0, 0.05) is 19.7 Å². The maximum Gasteiger partial charge on any atom is 0.191 e. The first-order valence-electron chi connectivity index (χ1n) is 10.4. The van der Waals surface area contributed by atoms with Crippen molar-refractivity contribution in [3.63, 3.8) is 0 Å². The Hall–Kier alpha value is -1.58. The lowest BCUT2D eigenvalue weighted by molar-refractivity contribution is 0.0428. The van der Waals surface area contributed by atoms with Crippen molar-refractivity contribution >= 4 is 29.9 Å². The number of rotatable bonds is 12. The van der Waals surface area contributed by atoms with Crippen LogP contribution in [0.25, 0.3) is 0 Å². The molecule has 0 saturated heterocycles. The minimum absolute atomic E-state index is 0. The molecule has 0 aliphatic rings. The molecule has 6 nitrogen and oxygen atoms in total. The van der Waals surface area contributed by atoms with Crippen molar-refractivity contribution in [3.05, 3.63) is 59.5 Å². The molecular formula is C23H36IN3O3. The third-order valence-electron chi connectivity index (χ3n) is 4.55. The van der Waals surface area contributed by atoms with Gasteiger partial charge in [0.2, 0.25) is 0 Å². The Kier molecular flexibility index (Phi) is 12.7. The minimum atomic E-state index is -1.14. The van der Waals surface area contributed by atoms with E-state index in [9.17, 15) is 5.11 Å². The van der Waals surface area contributed by atoms with E-state index < -0.39 is 5.60 Å². The number of aliphatic hydroxyl groups is 1. The zero-order valence-electron chi connectivity index (χ0n) is 18.3. The van der Waals surface area contributed by atoms with Crippen LogP contribution in [0.3, 0.4) is 0 Å². The monoisotopic (exact) mass is 529 g/mol. The Morgan fingerprint density at radius 1 is 1.10 bits per heavy atom. The fourth-order valence-corrected chi connectivity index (χ4v) is 2.85. The highest BCUT2D eigenvalue weighted by Gasteiger charge is 2.26. The standard InChI is InChI=1S/C23H35N3O3.HI/c1-4-24-22(26-18-23(3,27)21-13-12-19(2)29-21)25-15-8-9-16-28-17-14-20-10-6-5-7-11-20;/h5-7,10-13,27H,4,8-9,14-18H2,1-3H3,(H2,24,25,26);1H. The molecule has 0 amide bonds. The Bertz CT molecular complexity index is 732. The number of guanidine groups is 1. The Labute approximate surface area is 197 Å². The summed E-state index contributed by atoms with van der Waals surface area (Å²) in [7, 11) is 0. The van der Waals surface area contributed by atoms with E-state index >= 15 is 0 Å². The highest BCUT2D eigenvalue weighted by Crippen LogP contribution is 2.23. The molecule has 0 saturated carbocycles. The number of unbranched alkanes of at least 4 members (excludes halogenated alkanes) is 1. The summed E-state index contributed by atoms with van der Waals surface area (Å²) in [5.41, 5.74) is 0.171. The van der Waals surface area contributed by atoms with Gasteiger partial charge < -0.3 is 24.9 Å². The topological polar surface area (TPSA) is 79.0 Å². The SMILES string of the molecule is CCNC(=NCC(C)(O)c1ccc(C)o1)NCCCCOCCc1ccccc1.I. The first-order chi connectivity index (χ1) is 14.0. The lowest BCUT2D eigenvalue weighted by atomic mass is 10.0. The van der Waals surface area contributed by atoms with Crippen LogP contribution in [0.5, 0.6) is 0 Å². The number of hydrogen-bond acceptors (Lipinski definition) is 4. The quantitative estimate of drug-likeness (QED) is 0.168. The molecule has 1 atom stereocenters. The van der Waals surface area contributed by atoms with Crippen LogP contribution < -0.4 is 10.6 Å². The van der Waals surface area contributed by atoms with Crippen LogP contribution in [0.1, 0.15) is 43.8 Å². The Morgan fingerprint density at radius 3 is 2.53 bits per heavy atom. The summed E-state index contributed by atoms with van der Waals surface area (Å²) in [5.74, 6) is 2.00. The zero-order valence-corrected chi connectivity index (χ0v) is 20.6. The van der Waals surface area contributed by atoms with Crippen LogP contribution >= 0.6 is 24.0 Å². The van der Waals surface area contributed by atoms with Gasteiger partial charge in [-0.3, -0.25) is 0 Å².